The summed E-state index contributed by atoms with van der Waals surface area (Å²) in [5.41, 5.74) is -4.85. The van der Waals surface area contributed by atoms with Gasteiger partial charge in [0, 0.05) is 21.8 Å². The van der Waals surface area contributed by atoms with Gasteiger partial charge < -0.3 is 9.90 Å². The first-order valence-corrected chi connectivity index (χ1v) is 9.55. The number of amides is 2. The highest BCUT2D eigenvalue weighted by Gasteiger charge is 2.42. The highest BCUT2D eigenvalue weighted by atomic mass is 32.2. The van der Waals surface area contributed by atoms with Crippen molar-refractivity contribution in [2.24, 2.45) is 0 Å². The van der Waals surface area contributed by atoms with Gasteiger partial charge in [-0.1, -0.05) is 30.3 Å². The zero-order chi connectivity index (χ0) is 20.5. The van der Waals surface area contributed by atoms with Gasteiger partial charge >= 0.3 is 5.51 Å². The number of aromatic carboxylic acids is 1. The predicted octanol–water partition coefficient (Wildman–Crippen LogP) is 3.09. The molecule has 5 nitrogen and oxygen atoms in total. The summed E-state index contributed by atoms with van der Waals surface area (Å²) in [7, 11) is 0. The van der Waals surface area contributed by atoms with Crippen LogP contribution in [-0.2, 0) is 9.59 Å². The second kappa shape index (κ2) is 7.88. The molecule has 0 aromatic heterocycles. The second-order valence-electron chi connectivity index (χ2n) is 5.68. The van der Waals surface area contributed by atoms with Crippen LogP contribution in [0.15, 0.2) is 58.3 Å². The fourth-order valence-corrected chi connectivity index (χ4v) is 4.53. The number of imide groups is 1. The Hall–Kier alpha value is -2.46. The highest BCUT2D eigenvalue weighted by molar-refractivity contribution is 8.01. The second-order valence-corrected chi connectivity index (χ2v) is 8.03. The zero-order valence-electron chi connectivity index (χ0n) is 13.9. The van der Waals surface area contributed by atoms with E-state index in [1.165, 1.54) is 42.5 Å². The number of carboxylic acids is 1. The minimum absolute atomic E-state index is 0.126. The molecule has 3 rings (SSSR count). The molecule has 10 heteroatoms. The van der Waals surface area contributed by atoms with Gasteiger partial charge in [0.1, 0.15) is 0 Å². The highest BCUT2D eigenvalue weighted by Crippen LogP contribution is 2.43. The van der Waals surface area contributed by atoms with Crippen molar-refractivity contribution in [2.45, 2.75) is 27.0 Å². The molecule has 1 fully saturated rings. The number of para-hydroxylation sites is 1. The molecular weight excluding hydrogens is 415 g/mol. The first-order valence-electron chi connectivity index (χ1n) is 7.86. The Balaban J connectivity index is 1.89. The van der Waals surface area contributed by atoms with Crippen molar-refractivity contribution in [2.75, 3.05) is 4.90 Å². The van der Waals surface area contributed by atoms with Crippen molar-refractivity contribution in [3.63, 3.8) is 0 Å². The molecule has 1 saturated heterocycles. The van der Waals surface area contributed by atoms with E-state index in [2.05, 4.69) is 0 Å². The molecule has 28 heavy (non-hydrogen) atoms. The summed E-state index contributed by atoms with van der Waals surface area (Å²) in [5, 5.41) is 10.3. The van der Waals surface area contributed by atoms with E-state index in [1.54, 1.807) is 6.07 Å². The van der Waals surface area contributed by atoms with Gasteiger partial charge in [-0.15, -0.1) is 11.8 Å². The molecule has 0 bridgehead atoms. The summed E-state index contributed by atoms with van der Waals surface area (Å²) in [4.78, 5) is 37.1. The van der Waals surface area contributed by atoms with Crippen molar-refractivity contribution in [1.29, 1.82) is 0 Å². The van der Waals surface area contributed by atoms with Crippen LogP contribution >= 0.6 is 23.5 Å². The lowest BCUT2D eigenvalue weighted by atomic mass is 10.2. The van der Waals surface area contributed by atoms with Crippen molar-refractivity contribution in [3.05, 3.63) is 54.1 Å². The lowest BCUT2D eigenvalue weighted by Gasteiger charge is -2.19. The Morgan fingerprint density at radius 2 is 1.64 bits per heavy atom. The van der Waals surface area contributed by atoms with Crippen LogP contribution in [0.25, 0.3) is 0 Å². The maximum absolute atomic E-state index is 12.8. The normalized spacial score (nSPS) is 17.2. The number of alkyl halides is 3. The number of hydrogen-bond acceptors (Lipinski definition) is 6. The Bertz CT molecular complexity index is 948. The van der Waals surface area contributed by atoms with E-state index < -0.39 is 40.3 Å². The summed E-state index contributed by atoms with van der Waals surface area (Å²) in [6, 6.07) is 11.1. The van der Waals surface area contributed by atoms with Crippen LogP contribution in [0.5, 0.6) is 0 Å². The van der Waals surface area contributed by atoms with Crippen molar-refractivity contribution >= 4 is 47.0 Å². The number of halogens is 3. The van der Waals surface area contributed by atoms with Crippen LogP contribution in [0, 0.1) is 0 Å². The number of thioether (sulfide) groups is 2. The van der Waals surface area contributed by atoms with Gasteiger partial charge in [-0.3, -0.25) is 9.59 Å². The molecule has 1 aliphatic heterocycles. The molecule has 1 heterocycles. The Morgan fingerprint density at radius 3 is 2.29 bits per heavy atom. The monoisotopic (exact) mass is 426 g/mol. The summed E-state index contributed by atoms with van der Waals surface area (Å²) >= 11 is 0.465. The summed E-state index contributed by atoms with van der Waals surface area (Å²) in [5.74, 6) is -2.77. The van der Waals surface area contributed by atoms with E-state index in [4.69, 9.17) is 0 Å². The number of rotatable bonds is 5. The minimum atomic E-state index is -4.58. The third kappa shape index (κ3) is 4.33. The van der Waals surface area contributed by atoms with Crippen LogP contribution in [0.1, 0.15) is 16.8 Å². The number of anilines is 1. The van der Waals surface area contributed by atoms with Gasteiger partial charge in [0.15, 0.2) is 0 Å². The molecule has 0 N–H and O–H groups in total. The van der Waals surface area contributed by atoms with Crippen molar-refractivity contribution < 1.29 is 32.7 Å². The standard InChI is InChI=1S/C18H12F3NO4S2/c19-18(20,21)28-13-8-4-2-6-11(13)22-15(23)9-14(16(22)24)27-12-7-3-1-5-10(12)17(25)26/h1-8,14H,9H2,(H,25,26)/p-1/t14-/m1/s1. The first kappa shape index (κ1) is 20.3. The van der Waals surface area contributed by atoms with Gasteiger partial charge in [0.25, 0.3) is 0 Å². The summed E-state index contributed by atoms with van der Waals surface area (Å²) < 4.78 is 38.4. The van der Waals surface area contributed by atoms with Crippen LogP contribution < -0.4 is 10.0 Å². The van der Waals surface area contributed by atoms with Gasteiger partial charge in [0.05, 0.1) is 16.9 Å². The first-order chi connectivity index (χ1) is 13.2. The molecule has 0 unspecified atom stereocenters. The van der Waals surface area contributed by atoms with Crippen LogP contribution in [0.2, 0.25) is 0 Å². The van der Waals surface area contributed by atoms with E-state index in [1.807, 2.05) is 0 Å². The molecule has 146 valence electrons. The summed E-state index contributed by atoms with van der Waals surface area (Å²) in [6.45, 7) is 0. The lowest BCUT2D eigenvalue weighted by molar-refractivity contribution is -0.255. The number of nitrogens with zero attached hydrogens (tertiary/aromatic N) is 1. The topological polar surface area (TPSA) is 77.5 Å². The van der Waals surface area contributed by atoms with E-state index in [-0.39, 0.29) is 27.5 Å². The molecule has 1 atom stereocenters. The van der Waals surface area contributed by atoms with Crippen LogP contribution in [0.3, 0.4) is 0 Å². The summed E-state index contributed by atoms with van der Waals surface area (Å²) in [6.07, 6.45) is -0.254. The van der Waals surface area contributed by atoms with E-state index in [9.17, 15) is 32.7 Å². The number of carboxylic acid groups (broad SMARTS) is 1. The van der Waals surface area contributed by atoms with E-state index in [0.29, 0.717) is 0 Å². The Kier molecular flexibility index (Phi) is 5.71. The average molecular weight is 426 g/mol. The fraction of sp³-hybridized carbons (Fsp3) is 0.167. The number of carbonyl (C=O) groups is 3. The van der Waals surface area contributed by atoms with Gasteiger partial charge in [-0.05, 0) is 30.0 Å². The van der Waals surface area contributed by atoms with Crippen LogP contribution in [-0.4, -0.2) is 28.5 Å². The lowest BCUT2D eigenvalue weighted by Crippen LogP contribution is -2.31. The quantitative estimate of drug-likeness (QED) is 0.540. The SMILES string of the molecule is O=C([O-])c1ccccc1S[C@@H]1CC(=O)N(c2ccccc2SC(F)(F)F)C1=O. The Labute approximate surface area is 165 Å². The predicted molar refractivity (Wildman–Crippen MR) is 95.9 cm³/mol. The zero-order valence-corrected chi connectivity index (χ0v) is 15.6. The van der Waals surface area contributed by atoms with Crippen molar-refractivity contribution in [3.8, 4) is 0 Å². The number of hydrogen-bond donors (Lipinski definition) is 0. The molecule has 2 aromatic rings. The molecule has 0 spiro atoms. The molecule has 2 aromatic carbocycles. The smallest absolute Gasteiger partial charge is 0.446 e. The Morgan fingerprint density at radius 1 is 1.04 bits per heavy atom. The molecule has 0 radical (unpaired) electrons. The van der Waals surface area contributed by atoms with Crippen LogP contribution in [0.4, 0.5) is 18.9 Å². The van der Waals surface area contributed by atoms with Gasteiger partial charge in [0.2, 0.25) is 11.8 Å². The molecule has 1 aliphatic rings. The molecule has 2 amide bonds. The van der Waals surface area contributed by atoms with E-state index >= 15 is 0 Å². The maximum atomic E-state index is 12.8. The molecular formula is C18H11F3NO4S2-. The third-order valence-electron chi connectivity index (χ3n) is 3.81. The number of carbonyl (C=O) groups excluding carboxylic acids is 3. The third-order valence-corrected chi connectivity index (χ3v) is 5.87. The maximum Gasteiger partial charge on any atom is 0.446 e. The van der Waals surface area contributed by atoms with Crippen molar-refractivity contribution in [1.82, 2.24) is 0 Å². The molecule has 0 saturated carbocycles. The minimum Gasteiger partial charge on any atom is -0.545 e. The number of benzene rings is 2. The van der Waals surface area contributed by atoms with E-state index in [0.717, 1.165) is 16.7 Å². The molecule has 0 aliphatic carbocycles. The van der Waals surface area contributed by atoms with Gasteiger partial charge in [-0.25, -0.2) is 4.90 Å². The fourth-order valence-electron chi connectivity index (χ4n) is 2.69. The largest absolute Gasteiger partial charge is 0.545 e. The van der Waals surface area contributed by atoms with Gasteiger partial charge in [-0.2, -0.15) is 13.2 Å². The average Bonchev–Trinajstić information content (AvgIpc) is 2.88.